The average Bonchev–Trinajstić information content (AvgIpc) is 2.18. The summed E-state index contributed by atoms with van der Waals surface area (Å²) >= 11 is 5.56. The van der Waals surface area contributed by atoms with E-state index >= 15 is 0 Å². The second-order valence-corrected chi connectivity index (χ2v) is 3.62. The fraction of sp³-hybridized carbons (Fsp3) is 0.300. The number of hydrogen-bond donors (Lipinski definition) is 2. The summed E-state index contributed by atoms with van der Waals surface area (Å²) in [6, 6.07) is 3.96. The first-order valence-electron chi connectivity index (χ1n) is 4.40. The van der Waals surface area contributed by atoms with Gasteiger partial charge in [0, 0.05) is 5.56 Å². The van der Waals surface area contributed by atoms with E-state index in [0.717, 1.165) is 0 Å². The lowest BCUT2D eigenvalue weighted by Crippen LogP contribution is -2.14. The normalized spacial score (nSPS) is 12.8. The topological polar surface area (TPSA) is 57.5 Å². The molecule has 1 aromatic carbocycles. The largest absolute Gasteiger partial charge is 0.506 e. The highest BCUT2D eigenvalue weighted by atomic mass is 35.5. The highest BCUT2D eigenvalue weighted by Crippen LogP contribution is 2.37. The first kappa shape index (κ1) is 12.7. The number of hydrogen-bond acceptors (Lipinski definition) is 2. The lowest BCUT2D eigenvalue weighted by atomic mass is 9.95. The average molecular weight is 251 g/mol. The minimum Gasteiger partial charge on any atom is -0.506 e. The van der Waals surface area contributed by atoms with Crippen LogP contribution in [0.2, 0.25) is 5.02 Å². The number of aliphatic carboxylic acids is 1. The highest BCUT2D eigenvalue weighted by Gasteiger charge is 2.28. The smallest absolute Gasteiger partial charge is 0.304 e. The van der Waals surface area contributed by atoms with Gasteiger partial charge in [0.2, 0.25) is 6.43 Å². The van der Waals surface area contributed by atoms with Crippen LogP contribution in [0.15, 0.2) is 18.2 Å². The van der Waals surface area contributed by atoms with Crippen LogP contribution >= 0.6 is 11.6 Å². The van der Waals surface area contributed by atoms with E-state index in [2.05, 4.69) is 0 Å². The molecule has 0 bridgehead atoms. The number of carboxylic acids is 1. The van der Waals surface area contributed by atoms with Gasteiger partial charge in [0.1, 0.15) is 5.75 Å². The molecule has 0 aliphatic carbocycles. The van der Waals surface area contributed by atoms with Crippen molar-refractivity contribution in [3.05, 3.63) is 28.8 Å². The number of phenolic OH excluding ortho intramolecular Hbond substituents is 1. The van der Waals surface area contributed by atoms with Gasteiger partial charge in [0.15, 0.2) is 0 Å². The molecule has 2 N–H and O–H groups in total. The molecule has 1 aromatic rings. The molecule has 0 radical (unpaired) electrons. The molecule has 0 spiro atoms. The van der Waals surface area contributed by atoms with Gasteiger partial charge in [-0.1, -0.05) is 23.7 Å². The van der Waals surface area contributed by atoms with Gasteiger partial charge in [-0.3, -0.25) is 4.79 Å². The number of carbonyl (C=O) groups is 1. The first-order valence-corrected chi connectivity index (χ1v) is 4.78. The van der Waals surface area contributed by atoms with Crippen LogP contribution in [0.25, 0.3) is 0 Å². The van der Waals surface area contributed by atoms with E-state index in [1.54, 1.807) is 0 Å². The van der Waals surface area contributed by atoms with Crippen molar-refractivity contribution >= 4 is 17.6 Å². The van der Waals surface area contributed by atoms with Gasteiger partial charge in [-0.15, -0.1) is 0 Å². The Labute approximate surface area is 95.3 Å². The van der Waals surface area contributed by atoms with E-state index in [4.69, 9.17) is 16.7 Å². The molecule has 1 atom stereocenters. The van der Waals surface area contributed by atoms with E-state index in [-0.39, 0.29) is 10.6 Å². The Bertz CT molecular complexity index is 396. The van der Waals surface area contributed by atoms with Crippen molar-refractivity contribution in [3.63, 3.8) is 0 Å². The van der Waals surface area contributed by atoms with Crippen molar-refractivity contribution in [2.24, 2.45) is 0 Å². The zero-order chi connectivity index (χ0) is 12.3. The highest BCUT2D eigenvalue weighted by molar-refractivity contribution is 6.32. The van der Waals surface area contributed by atoms with E-state index in [1.807, 2.05) is 0 Å². The fourth-order valence-corrected chi connectivity index (χ4v) is 1.54. The monoisotopic (exact) mass is 250 g/mol. The Kier molecular flexibility index (Phi) is 4.06. The number of carboxylic acid groups (broad SMARTS) is 1. The van der Waals surface area contributed by atoms with Crippen LogP contribution in [0, 0.1) is 0 Å². The van der Waals surface area contributed by atoms with Gasteiger partial charge in [-0.25, -0.2) is 8.78 Å². The Morgan fingerprint density at radius 3 is 2.56 bits per heavy atom. The molecule has 1 rings (SSSR count). The Balaban J connectivity index is 3.10. The molecule has 1 unspecified atom stereocenters. The number of rotatable bonds is 4. The third-order valence-corrected chi connectivity index (χ3v) is 2.42. The van der Waals surface area contributed by atoms with Crippen molar-refractivity contribution in [1.29, 1.82) is 0 Å². The van der Waals surface area contributed by atoms with Gasteiger partial charge in [0.25, 0.3) is 0 Å². The second kappa shape index (κ2) is 5.12. The minimum absolute atomic E-state index is 0.0754. The van der Waals surface area contributed by atoms with Gasteiger partial charge in [-0.05, 0) is 6.07 Å². The molecular formula is C10H9ClF2O3. The van der Waals surface area contributed by atoms with Crippen molar-refractivity contribution in [1.82, 2.24) is 0 Å². The lowest BCUT2D eigenvalue weighted by molar-refractivity contribution is -0.138. The van der Waals surface area contributed by atoms with Crippen molar-refractivity contribution < 1.29 is 23.8 Å². The second-order valence-electron chi connectivity index (χ2n) is 3.22. The number of alkyl halides is 2. The zero-order valence-corrected chi connectivity index (χ0v) is 8.79. The van der Waals surface area contributed by atoms with E-state index in [0.29, 0.717) is 0 Å². The quantitative estimate of drug-likeness (QED) is 0.864. The minimum atomic E-state index is -2.87. The van der Waals surface area contributed by atoms with Crippen LogP contribution in [-0.4, -0.2) is 22.6 Å². The summed E-state index contributed by atoms with van der Waals surface area (Å²) in [6.45, 7) is 0. The number of para-hydroxylation sites is 1. The molecule has 0 saturated carbocycles. The number of aromatic hydroxyl groups is 1. The van der Waals surface area contributed by atoms with Crippen molar-refractivity contribution in [3.8, 4) is 5.75 Å². The van der Waals surface area contributed by atoms with E-state index in [1.165, 1.54) is 18.2 Å². The third-order valence-electron chi connectivity index (χ3n) is 2.12. The lowest BCUT2D eigenvalue weighted by Gasteiger charge is -2.16. The van der Waals surface area contributed by atoms with Crippen LogP contribution in [0.3, 0.4) is 0 Å². The molecule has 0 aromatic heterocycles. The summed E-state index contributed by atoms with van der Waals surface area (Å²) in [6.07, 6.45) is -3.63. The SMILES string of the molecule is O=C(O)CC(c1cccc(Cl)c1O)C(F)F. The molecular weight excluding hydrogens is 242 g/mol. The predicted molar refractivity (Wildman–Crippen MR) is 54.1 cm³/mol. The molecule has 88 valence electrons. The summed E-state index contributed by atoms with van der Waals surface area (Å²) in [5.74, 6) is -3.41. The Morgan fingerprint density at radius 1 is 1.44 bits per heavy atom. The third kappa shape index (κ3) is 2.82. The molecule has 0 fully saturated rings. The first-order chi connectivity index (χ1) is 7.43. The summed E-state index contributed by atoms with van der Waals surface area (Å²) in [4.78, 5) is 10.4. The Hall–Kier alpha value is -1.36. The molecule has 0 aliphatic rings. The summed E-state index contributed by atoms with van der Waals surface area (Å²) in [7, 11) is 0. The molecule has 0 amide bonds. The van der Waals surface area contributed by atoms with Crippen LogP contribution in [0.4, 0.5) is 8.78 Å². The maximum Gasteiger partial charge on any atom is 0.304 e. The van der Waals surface area contributed by atoms with Crippen LogP contribution < -0.4 is 0 Å². The van der Waals surface area contributed by atoms with Crippen LogP contribution in [0.1, 0.15) is 17.9 Å². The Morgan fingerprint density at radius 2 is 2.06 bits per heavy atom. The maximum atomic E-state index is 12.6. The van der Waals surface area contributed by atoms with Gasteiger partial charge >= 0.3 is 5.97 Å². The maximum absolute atomic E-state index is 12.6. The predicted octanol–water partition coefficient (Wildman–Crippen LogP) is 2.87. The van der Waals surface area contributed by atoms with E-state index < -0.39 is 30.5 Å². The molecule has 6 heteroatoms. The molecule has 0 heterocycles. The number of phenols is 1. The fourth-order valence-electron chi connectivity index (χ4n) is 1.35. The summed E-state index contributed by atoms with van der Waals surface area (Å²) in [5, 5.41) is 17.9. The number of benzene rings is 1. The zero-order valence-electron chi connectivity index (χ0n) is 8.03. The molecule has 0 saturated heterocycles. The summed E-state index contributed by atoms with van der Waals surface area (Å²) in [5.41, 5.74) is -0.148. The number of halogens is 3. The van der Waals surface area contributed by atoms with Crippen molar-refractivity contribution in [2.75, 3.05) is 0 Å². The van der Waals surface area contributed by atoms with Gasteiger partial charge in [-0.2, -0.15) is 0 Å². The standard InChI is InChI=1S/C10H9ClF2O3/c11-7-3-1-2-5(9(7)16)6(10(12)13)4-8(14)15/h1-3,6,10,16H,4H2,(H,14,15). The molecule has 16 heavy (non-hydrogen) atoms. The van der Waals surface area contributed by atoms with Crippen LogP contribution in [-0.2, 0) is 4.79 Å². The van der Waals surface area contributed by atoms with Crippen molar-refractivity contribution in [2.45, 2.75) is 18.8 Å². The van der Waals surface area contributed by atoms with Gasteiger partial charge in [0.05, 0.1) is 17.4 Å². The molecule has 0 aliphatic heterocycles. The van der Waals surface area contributed by atoms with E-state index in [9.17, 15) is 18.7 Å². The molecule has 3 nitrogen and oxygen atoms in total. The van der Waals surface area contributed by atoms with Crippen LogP contribution in [0.5, 0.6) is 5.75 Å². The summed E-state index contributed by atoms with van der Waals surface area (Å²) < 4.78 is 25.3. The van der Waals surface area contributed by atoms with Gasteiger partial charge < -0.3 is 10.2 Å².